The van der Waals surface area contributed by atoms with Gasteiger partial charge in [0.2, 0.25) is 0 Å². The monoisotopic (exact) mass is 205 g/mol. The summed E-state index contributed by atoms with van der Waals surface area (Å²) in [5.74, 6) is 0. The van der Waals surface area contributed by atoms with Gasteiger partial charge >= 0.3 is 0 Å². The molecular weight excluding hydrogens is 186 g/mol. The predicted octanol–water partition coefficient (Wildman–Crippen LogP) is 1.27. The van der Waals surface area contributed by atoms with Crippen LogP contribution < -0.4 is 5.32 Å². The summed E-state index contributed by atoms with van der Waals surface area (Å²) < 4.78 is 0. The van der Waals surface area contributed by atoms with E-state index in [-0.39, 0.29) is 0 Å². The van der Waals surface area contributed by atoms with Gasteiger partial charge in [-0.2, -0.15) is 0 Å². The molecule has 15 heavy (non-hydrogen) atoms. The van der Waals surface area contributed by atoms with E-state index in [2.05, 4.69) is 34.3 Å². The zero-order chi connectivity index (χ0) is 10.5. The van der Waals surface area contributed by atoms with Gasteiger partial charge in [0.05, 0.1) is 0 Å². The second-order valence-electron chi connectivity index (χ2n) is 4.09. The molecule has 1 aromatic heterocycles. The Morgan fingerprint density at radius 2 is 2.27 bits per heavy atom. The molecule has 82 valence electrons. The van der Waals surface area contributed by atoms with Crippen LogP contribution in [0.2, 0.25) is 0 Å². The topological polar surface area (TPSA) is 28.2 Å². The van der Waals surface area contributed by atoms with Gasteiger partial charge in [-0.25, -0.2) is 0 Å². The maximum Gasteiger partial charge on any atom is 0.0271 e. The van der Waals surface area contributed by atoms with Crippen LogP contribution in [0.5, 0.6) is 0 Å². The number of rotatable bonds is 3. The molecule has 2 heterocycles. The second-order valence-corrected chi connectivity index (χ2v) is 4.09. The normalized spacial score (nSPS) is 22.9. The largest absolute Gasteiger partial charge is 0.314 e. The summed E-state index contributed by atoms with van der Waals surface area (Å²) in [5, 5.41) is 3.45. The van der Waals surface area contributed by atoms with Gasteiger partial charge in [-0.15, -0.1) is 0 Å². The van der Waals surface area contributed by atoms with E-state index in [0.717, 1.165) is 26.2 Å². The zero-order valence-corrected chi connectivity index (χ0v) is 9.32. The number of hydrogen-bond acceptors (Lipinski definition) is 3. The van der Waals surface area contributed by atoms with Gasteiger partial charge in [-0.05, 0) is 24.1 Å². The van der Waals surface area contributed by atoms with E-state index in [9.17, 15) is 0 Å². The third-order valence-electron chi connectivity index (χ3n) is 3.08. The minimum absolute atomic E-state index is 0.687. The van der Waals surface area contributed by atoms with Crippen molar-refractivity contribution in [3.05, 3.63) is 30.1 Å². The van der Waals surface area contributed by atoms with Crippen LogP contribution >= 0.6 is 0 Å². The Morgan fingerprint density at radius 1 is 1.47 bits per heavy atom. The first-order valence-corrected chi connectivity index (χ1v) is 5.74. The molecule has 1 unspecified atom stereocenters. The molecule has 1 aromatic rings. The summed E-state index contributed by atoms with van der Waals surface area (Å²) in [6.45, 7) is 6.71. The van der Waals surface area contributed by atoms with Gasteiger partial charge in [-0.3, -0.25) is 9.88 Å². The number of nitrogens with one attached hydrogen (secondary N) is 1. The fourth-order valence-corrected chi connectivity index (χ4v) is 2.14. The Hall–Kier alpha value is -0.930. The molecule has 3 heteroatoms. The average molecular weight is 205 g/mol. The van der Waals surface area contributed by atoms with Crippen LogP contribution in [0.3, 0.4) is 0 Å². The Kier molecular flexibility index (Phi) is 3.69. The fourth-order valence-electron chi connectivity index (χ4n) is 2.14. The lowest BCUT2D eigenvalue weighted by molar-refractivity contribution is 0.149. The summed E-state index contributed by atoms with van der Waals surface area (Å²) in [6.07, 6.45) is 4.97. The van der Waals surface area contributed by atoms with Gasteiger partial charge in [-0.1, -0.05) is 6.92 Å². The SMILES string of the molecule is CCC1CNCCN1Cc1ccncc1. The molecule has 0 bridgehead atoms. The molecule has 1 saturated heterocycles. The molecule has 1 atom stereocenters. The van der Waals surface area contributed by atoms with E-state index < -0.39 is 0 Å². The van der Waals surface area contributed by atoms with Crippen molar-refractivity contribution in [2.45, 2.75) is 25.9 Å². The van der Waals surface area contributed by atoms with Crippen molar-refractivity contribution in [3.63, 3.8) is 0 Å². The molecule has 0 saturated carbocycles. The van der Waals surface area contributed by atoms with Crippen LogP contribution in [0.4, 0.5) is 0 Å². The molecule has 1 fully saturated rings. The fraction of sp³-hybridized carbons (Fsp3) is 0.583. The number of aromatic nitrogens is 1. The maximum absolute atomic E-state index is 4.05. The van der Waals surface area contributed by atoms with E-state index >= 15 is 0 Å². The summed E-state index contributed by atoms with van der Waals surface area (Å²) in [5.41, 5.74) is 1.37. The summed E-state index contributed by atoms with van der Waals surface area (Å²) >= 11 is 0. The second kappa shape index (κ2) is 5.24. The van der Waals surface area contributed by atoms with Crippen molar-refractivity contribution in [2.75, 3.05) is 19.6 Å². The van der Waals surface area contributed by atoms with Gasteiger partial charge in [0.1, 0.15) is 0 Å². The van der Waals surface area contributed by atoms with Crippen molar-refractivity contribution < 1.29 is 0 Å². The molecule has 2 rings (SSSR count). The van der Waals surface area contributed by atoms with Crippen molar-refractivity contribution in [3.8, 4) is 0 Å². The molecule has 0 radical (unpaired) electrons. The number of pyridine rings is 1. The van der Waals surface area contributed by atoms with E-state index in [1.54, 1.807) is 0 Å². The highest BCUT2D eigenvalue weighted by Crippen LogP contribution is 2.11. The minimum Gasteiger partial charge on any atom is -0.314 e. The minimum atomic E-state index is 0.687. The third-order valence-corrected chi connectivity index (χ3v) is 3.08. The van der Waals surface area contributed by atoms with Gasteiger partial charge in [0.15, 0.2) is 0 Å². The zero-order valence-electron chi connectivity index (χ0n) is 9.32. The lowest BCUT2D eigenvalue weighted by Crippen LogP contribution is -2.50. The number of hydrogen-bond donors (Lipinski definition) is 1. The first-order valence-electron chi connectivity index (χ1n) is 5.74. The Labute approximate surface area is 91.5 Å². The molecule has 0 aliphatic carbocycles. The molecule has 3 nitrogen and oxygen atoms in total. The predicted molar refractivity (Wildman–Crippen MR) is 61.6 cm³/mol. The van der Waals surface area contributed by atoms with Crippen LogP contribution in [0.15, 0.2) is 24.5 Å². The Morgan fingerprint density at radius 3 is 3.00 bits per heavy atom. The first-order chi connectivity index (χ1) is 7.40. The number of piperazine rings is 1. The van der Waals surface area contributed by atoms with Gasteiger partial charge < -0.3 is 5.32 Å². The molecule has 1 aliphatic heterocycles. The lowest BCUT2D eigenvalue weighted by Gasteiger charge is -2.35. The van der Waals surface area contributed by atoms with Crippen LogP contribution in [0, 0.1) is 0 Å². The number of nitrogens with zero attached hydrogens (tertiary/aromatic N) is 2. The lowest BCUT2D eigenvalue weighted by atomic mass is 10.1. The van der Waals surface area contributed by atoms with Crippen LogP contribution in [-0.2, 0) is 6.54 Å². The van der Waals surface area contributed by atoms with Crippen molar-refractivity contribution in [1.82, 2.24) is 15.2 Å². The molecule has 0 aromatic carbocycles. The average Bonchev–Trinajstić information content (AvgIpc) is 2.31. The summed E-state index contributed by atoms with van der Waals surface area (Å²) in [4.78, 5) is 6.61. The Bertz CT molecular complexity index is 286. The molecular formula is C12H19N3. The quantitative estimate of drug-likeness (QED) is 0.805. The third kappa shape index (κ3) is 2.76. The highest BCUT2D eigenvalue weighted by molar-refractivity contribution is 5.09. The van der Waals surface area contributed by atoms with Crippen molar-refractivity contribution in [1.29, 1.82) is 0 Å². The highest BCUT2D eigenvalue weighted by Gasteiger charge is 2.19. The maximum atomic E-state index is 4.05. The standard InChI is InChI=1S/C12H19N3/c1-2-12-9-14-7-8-15(12)10-11-3-5-13-6-4-11/h3-6,12,14H,2,7-10H2,1H3. The van der Waals surface area contributed by atoms with Crippen LogP contribution in [0.25, 0.3) is 0 Å². The highest BCUT2D eigenvalue weighted by atomic mass is 15.2. The van der Waals surface area contributed by atoms with Gasteiger partial charge in [0.25, 0.3) is 0 Å². The summed E-state index contributed by atoms with van der Waals surface area (Å²) in [7, 11) is 0. The van der Waals surface area contributed by atoms with Crippen LogP contribution in [-0.4, -0.2) is 35.6 Å². The van der Waals surface area contributed by atoms with Crippen molar-refractivity contribution >= 4 is 0 Å². The van der Waals surface area contributed by atoms with Crippen LogP contribution in [0.1, 0.15) is 18.9 Å². The molecule has 1 N–H and O–H groups in total. The van der Waals surface area contributed by atoms with E-state index in [0.29, 0.717) is 6.04 Å². The first kappa shape index (κ1) is 10.6. The Balaban J connectivity index is 1.97. The smallest absolute Gasteiger partial charge is 0.0271 e. The molecule has 0 amide bonds. The van der Waals surface area contributed by atoms with E-state index in [1.807, 2.05) is 12.4 Å². The molecule has 1 aliphatic rings. The van der Waals surface area contributed by atoms with Crippen molar-refractivity contribution in [2.24, 2.45) is 0 Å². The van der Waals surface area contributed by atoms with E-state index in [1.165, 1.54) is 12.0 Å². The van der Waals surface area contributed by atoms with Gasteiger partial charge in [0, 0.05) is 44.6 Å². The molecule has 0 spiro atoms. The van der Waals surface area contributed by atoms with E-state index in [4.69, 9.17) is 0 Å². The summed E-state index contributed by atoms with van der Waals surface area (Å²) in [6, 6.07) is 4.90.